The number of hydrogen-bond acceptors (Lipinski definition) is 4. The minimum Gasteiger partial charge on any atom is -0.484 e. The Balaban J connectivity index is 1.37. The predicted octanol–water partition coefficient (Wildman–Crippen LogP) is 1.52. The topological polar surface area (TPSA) is 79.5 Å². The van der Waals surface area contributed by atoms with Gasteiger partial charge in [0.1, 0.15) is 5.75 Å². The molecule has 0 radical (unpaired) electrons. The quantitative estimate of drug-likeness (QED) is 0.601. The fourth-order valence-electron chi connectivity index (χ4n) is 2.59. The molecule has 6 nitrogen and oxygen atoms in total. The molecule has 1 aromatic rings. The van der Waals surface area contributed by atoms with Crippen molar-refractivity contribution in [3.63, 3.8) is 0 Å². The van der Waals surface area contributed by atoms with Gasteiger partial charge < -0.3 is 20.7 Å². The zero-order valence-corrected chi connectivity index (χ0v) is 14.7. The summed E-state index contributed by atoms with van der Waals surface area (Å²) in [6, 6.07) is 7.76. The van der Waals surface area contributed by atoms with E-state index in [1.165, 1.54) is 12.8 Å². The highest BCUT2D eigenvalue weighted by molar-refractivity contribution is 5.78. The minimum atomic E-state index is -0.0779. The second kappa shape index (κ2) is 8.34. The number of carbonyl (C=O) groups is 2. The first-order chi connectivity index (χ1) is 12.1. The maximum absolute atomic E-state index is 11.9. The molecule has 1 unspecified atom stereocenters. The molecule has 2 fully saturated rings. The highest BCUT2D eigenvalue weighted by Gasteiger charge is 2.23. The van der Waals surface area contributed by atoms with Crippen molar-refractivity contribution >= 4 is 11.8 Å². The van der Waals surface area contributed by atoms with E-state index < -0.39 is 0 Å². The van der Waals surface area contributed by atoms with Crippen LogP contribution in [0.1, 0.15) is 44.2 Å². The molecule has 3 N–H and O–H groups in total. The molecule has 1 atom stereocenters. The lowest BCUT2D eigenvalue weighted by molar-refractivity contribution is -0.123. The third-order valence-corrected chi connectivity index (χ3v) is 4.49. The molecule has 0 heterocycles. The summed E-state index contributed by atoms with van der Waals surface area (Å²) in [4.78, 5) is 23.5. The Morgan fingerprint density at radius 2 is 1.84 bits per heavy atom. The van der Waals surface area contributed by atoms with E-state index in [0.717, 1.165) is 30.9 Å². The van der Waals surface area contributed by atoms with Gasteiger partial charge in [-0.05, 0) is 62.8 Å². The fraction of sp³-hybridized carbons (Fsp3) is 0.579. The van der Waals surface area contributed by atoms with Crippen molar-refractivity contribution in [2.75, 3.05) is 19.7 Å². The first kappa shape index (κ1) is 17.7. The molecule has 0 aromatic heterocycles. The van der Waals surface area contributed by atoms with Gasteiger partial charge in [-0.25, -0.2) is 0 Å². The lowest BCUT2D eigenvalue weighted by Gasteiger charge is -2.15. The van der Waals surface area contributed by atoms with Crippen molar-refractivity contribution in [3.05, 3.63) is 29.8 Å². The molecular weight excluding hydrogens is 318 g/mol. The number of nitrogens with one attached hydrogen (secondary N) is 3. The van der Waals surface area contributed by atoms with Gasteiger partial charge in [0, 0.05) is 6.04 Å². The summed E-state index contributed by atoms with van der Waals surface area (Å²) in [6.07, 6.45) is 4.70. The molecule has 2 amide bonds. The molecule has 3 rings (SSSR count). The first-order valence-corrected chi connectivity index (χ1v) is 9.12. The maximum atomic E-state index is 11.9. The third-order valence-electron chi connectivity index (χ3n) is 4.49. The number of amides is 2. The van der Waals surface area contributed by atoms with E-state index in [1.807, 2.05) is 31.2 Å². The van der Waals surface area contributed by atoms with Gasteiger partial charge in [0.05, 0.1) is 12.6 Å². The van der Waals surface area contributed by atoms with Crippen molar-refractivity contribution < 1.29 is 14.3 Å². The number of hydrogen-bond donors (Lipinski definition) is 3. The summed E-state index contributed by atoms with van der Waals surface area (Å²) >= 11 is 0. The Bertz CT molecular complexity index is 594. The largest absolute Gasteiger partial charge is 0.484 e. The van der Waals surface area contributed by atoms with Crippen LogP contribution in [0.4, 0.5) is 0 Å². The van der Waals surface area contributed by atoms with E-state index >= 15 is 0 Å². The van der Waals surface area contributed by atoms with Gasteiger partial charge in [-0.2, -0.15) is 0 Å². The first-order valence-electron chi connectivity index (χ1n) is 9.12. The summed E-state index contributed by atoms with van der Waals surface area (Å²) < 4.78 is 5.48. The highest BCUT2D eigenvalue weighted by atomic mass is 16.5. The number of carbonyl (C=O) groups excluding carboxylic acids is 2. The summed E-state index contributed by atoms with van der Waals surface area (Å²) in [6.45, 7) is 3.28. The highest BCUT2D eigenvalue weighted by Crippen LogP contribution is 2.27. The molecular formula is C19H27N3O3. The van der Waals surface area contributed by atoms with E-state index in [4.69, 9.17) is 4.74 Å². The normalized spacial score (nSPS) is 17.6. The number of benzene rings is 1. The fourth-order valence-corrected chi connectivity index (χ4v) is 2.59. The summed E-state index contributed by atoms with van der Waals surface area (Å²) in [7, 11) is 0. The second-order valence-electron chi connectivity index (χ2n) is 7.06. The van der Waals surface area contributed by atoms with Crippen molar-refractivity contribution in [1.29, 1.82) is 0 Å². The number of rotatable bonds is 10. The molecule has 6 heteroatoms. The molecule has 25 heavy (non-hydrogen) atoms. The molecule has 136 valence electrons. The second-order valence-corrected chi connectivity index (χ2v) is 7.06. The summed E-state index contributed by atoms with van der Waals surface area (Å²) in [5.74, 6) is 1.35. The van der Waals surface area contributed by atoms with Crippen molar-refractivity contribution in [1.82, 2.24) is 16.0 Å². The van der Waals surface area contributed by atoms with Crippen LogP contribution in [0.2, 0.25) is 0 Å². The predicted molar refractivity (Wildman–Crippen MR) is 95.3 cm³/mol. The van der Waals surface area contributed by atoms with Crippen LogP contribution in [0.15, 0.2) is 24.3 Å². The van der Waals surface area contributed by atoms with Crippen LogP contribution in [0.25, 0.3) is 0 Å². The monoisotopic (exact) mass is 345 g/mol. The van der Waals surface area contributed by atoms with Crippen molar-refractivity contribution in [2.45, 2.75) is 44.7 Å². The molecule has 0 bridgehead atoms. The van der Waals surface area contributed by atoms with Crippen LogP contribution >= 0.6 is 0 Å². The Kier molecular flexibility index (Phi) is 5.91. The van der Waals surface area contributed by atoms with E-state index in [9.17, 15) is 9.59 Å². The lowest BCUT2D eigenvalue weighted by atomic mass is 10.1. The molecule has 0 aliphatic heterocycles. The van der Waals surface area contributed by atoms with E-state index in [0.29, 0.717) is 18.3 Å². The van der Waals surface area contributed by atoms with Crippen LogP contribution in [0.3, 0.4) is 0 Å². The van der Waals surface area contributed by atoms with Gasteiger partial charge >= 0.3 is 0 Å². The smallest absolute Gasteiger partial charge is 0.258 e. The zero-order chi connectivity index (χ0) is 17.6. The molecule has 0 spiro atoms. The van der Waals surface area contributed by atoms with Crippen LogP contribution < -0.4 is 20.7 Å². The standard InChI is InChI=1S/C19H27N3O3/c1-13(21-18(23)11-20-10-14-2-3-14)15-4-8-17(9-5-15)25-12-19(24)22-16-6-7-16/h4-5,8-9,13-14,16,20H,2-3,6-7,10-12H2,1H3,(H,21,23)(H,22,24). The zero-order valence-electron chi connectivity index (χ0n) is 14.7. The van der Waals surface area contributed by atoms with Gasteiger partial charge in [0.15, 0.2) is 6.61 Å². The number of ether oxygens (including phenoxy) is 1. The van der Waals surface area contributed by atoms with Gasteiger partial charge in [0.2, 0.25) is 5.91 Å². The van der Waals surface area contributed by atoms with Gasteiger partial charge in [0.25, 0.3) is 5.91 Å². The van der Waals surface area contributed by atoms with Gasteiger partial charge in [-0.15, -0.1) is 0 Å². The molecule has 2 aliphatic carbocycles. The summed E-state index contributed by atoms with van der Waals surface area (Å²) in [5.41, 5.74) is 1.00. The van der Waals surface area contributed by atoms with Crippen LogP contribution in [0.5, 0.6) is 5.75 Å². The van der Waals surface area contributed by atoms with E-state index in [-0.39, 0.29) is 24.5 Å². The molecule has 2 aliphatic rings. The van der Waals surface area contributed by atoms with Crippen molar-refractivity contribution in [2.24, 2.45) is 5.92 Å². The van der Waals surface area contributed by atoms with E-state index in [1.54, 1.807) is 0 Å². The maximum Gasteiger partial charge on any atom is 0.258 e. The molecule has 0 saturated heterocycles. The lowest BCUT2D eigenvalue weighted by Crippen LogP contribution is -2.36. The van der Waals surface area contributed by atoms with Gasteiger partial charge in [-0.3, -0.25) is 9.59 Å². The summed E-state index contributed by atoms with van der Waals surface area (Å²) in [5, 5.41) is 9.06. The Labute approximate surface area is 148 Å². The average Bonchev–Trinajstić information content (AvgIpc) is 3.49. The molecule has 1 aromatic carbocycles. The minimum absolute atomic E-state index is 0.00484. The SMILES string of the molecule is CC(NC(=O)CNCC1CC1)c1ccc(OCC(=O)NC2CC2)cc1. The van der Waals surface area contributed by atoms with Crippen LogP contribution in [0, 0.1) is 5.92 Å². The Morgan fingerprint density at radius 3 is 2.48 bits per heavy atom. The van der Waals surface area contributed by atoms with Crippen LogP contribution in [-0.2, 0) is 9.59 Å². The average molecular weight is 345 g/mol. The van der Waals surface area contributed by atoms with E-state index in [2.05, 4.69) is 16.0 Å². The van der Waals surface area contributed by atoms with Crippen molar-refractivity contribution in [3.8, 4) is 5.75 Å². The third kappa shape index (κ3) is 6.38. The van der Waals surface area contributed by atoms with Crippen LogP contribution in [-0.4, -0.2) is 37.6 Å². The Morgan fingerprint density at radius 1 is 1.12 bits per heavy atom. The molecule has 2 saturated carbocycles. The Hall–Kier alpha value is -2.08. The van der Waals surface area contributed by atoms with Gasteiger partial charge in [-0.1, -0.05) is 12.1 Å².